The van der Waals surface area contributed by atoms with Crippen LogP contribution in [0.25, 0.3) is 0 Å². The van der Waals surface area contributed by atoms with E-state index >= 15 is 0 Å². The van der Waals surface area contributed by atoms with E-state index in [4.69, 9.17) is 5.11 Å². The highest BCUT2D eigenvalue weighted by Gasteiger charge is 2.36. The molecule has 0 bridgehead atoms. The fourth-order valence-corrected chi connectivity index (χ4v) is 1.77. The number of nitrogens with one attached hydrogen (secondary N) is 1. The van der Waals surface area contributed by atoms with Crippen LogP contribution in [0.2, 0.25) is 0 Å². The molecule has 92 valence electrons. The third-order valence-electron chi connectivity index (χ3n) is 1.98. The largest absolute Gasteiger partial charge is 0.452 e. The summed E-state index contributed by atoms with van der Waals surface area (Å²) in [5.41, 5.74) is 0. The van der Waals surface area contributed by atoms with Crippen molar-refractivity contribution in [2.24, 2.45) is 0 Å². The predicted octanol–water partition coefficient (Wildman–Crippen LogP) is 2.13. The molecule has 16 heavy (non-hydrogen) atoms. The fourth-order valence-electron chi connectivity index (χ4n) is 1.11. The van der Waals surface area contributed by atoms with Crippen molar-refractivity contribution in [3.05, 3.63) is 5.82 Å². The Kier molecular flexibility index (Phi) is 4.48. The summed E-state index contributed by atoms with van der Waals surface area (Å²) in [6.07, 6.45) is -3.34. The molecule has 1 aromatic heterocycles. The molecule has 0 saturated carbocycles. The van der Waals surface area contributed by atoms with Gasteiger partial charge in [0.2, 0.25) is 11.0 Å². The summed E-state index contributed by atoms with van der Waals surface area (Å²) in [5.74, 6) is -1.13. The van der Waals surface area contributed by atoms with Gasteiger partial charge in [-0.05, 0) is 12.8 Å². The van der Waals surface area contributed by atoms with Crippen LogP contribution >= 0.6 is 11.5 Å². The van der Waals surface area contributed by atoms with Crippen molar-refractivity contribution in [2.45, 2.75) is 32.0 Å². The van der Waals surface area contributed by atoms with Gasteiger partial charge in [-0.1, -0.05) is 6.92 Å². The standard InChI is InChI=1S/C8H12F3N3OS/c1-2-5(3-4-15)12-7-13-6(14-16-7)8(9,10)11/h5,15H,2-4H2,1H3,(H,12,13,14). The molecule has 0 saturated heterocycles. The summed E-state index contributed by atoms with van der Waals surface area (Å²) in [4.78, 5) is 3.34. The molecule has 4 nitrogen and oxygen atoms in total. The van der Waals surface area contributed by atoms with Gasteiger partial charge in [-0.15, -0.1) is 0 Å². The molecule has 0 aromatic carbocycles. The van der Waals surface area contributed by atoms with Crippen LogP contribution in [0.1, 0.15) is 25.6 Å². The predicted molar refractivity (Wildman–Crippen MR) is 54.3 cm³/mol. The van der Waals surface area contributed by atoms with Gasteiger partial charge in [0, 0.05) is 24.2 Å². The number of aliphatic hydroxyl groups is 1. The number of alkyl halides is 3. The third kappa shape index (κ3) is 3.60. The zero-order chi connectivity index (χ0) is 12.2. The second-order valence-corrected chi connectivity index (χ2v) is 3.93. The maximum Gasteiger partial charge on any atom is 0.452 e. The van der Waals surface area contributed by atoms with Gasteiger partial charge in [0.1, 0.15) is 0 Å². The van der Waals surface area contributed by atoms with Crippen molar-refractivity contribution in [3.8, 4) is 0 Å². The smallest absolute Gasteiger partial charge is 0.396 e. The van der Waals surface area contributed by atoms with Gasteiger partial charge in [-0.2, -0.15) is 22.5 Å². The summed E-state index contributed by atoms with van der Waals surface area (Å²) in [6.45, 7) is 1.86. The molecule has 0 aliphatic carbocycles. The molecule has 1 unspecified atom stereocenters. The highest BCUT2D eigenvalue weighted by atomic mass is 32.1. The zero-order valence-corrected chi connectivity index (χ0v) is 9.40. The number of hydrogen-bond donors (Lipinski definition) is 2. The van der Waals surface area contributed by atoms with Gasteiger partial charge < -0.3 is 10.4 Å². The molecular formula is C8H12F3N3OS. The van der Waals surface area contributed by atoms with E-state index in [9.17, 15) is 13.2 Å². The Morgan fingerprint density at radius 3 is 2.62 bits per heavy atom. The molecule has 1 aromatic rings. The molecule has 0 fully saturated rings. The third-order valence-corrected chi connectivity index (χ3v) is 2.62. The molecule has 1 heterocycles. The summed E-state index contributed by atoms with van der Waals surface area (Å²) in [5, 5.41) is 11.7. The van der Waals surface area contributed by atoms with Crippen LogP contribution in [0, 0.1) is 0 Å². The Balaban J connectivity index is 2.64. The van der Waals surface area contributed by atoms with Crippen molar-refractivity contribution in [3.63, 3.8) is 0 Å². The number of aliphatic hydroxyl groups excluding tert-OH is 1. The molecule has 0 spiro atoms. The van der Waals surface area contributed by atoms with Gasteiger partial charge in [0.15, 0.2) is 0 Å². The minimum absolute atomic E-state index is 0.0174. The average Bonchev–Trinajstić information content (AvgIpc) is 2.65. The molecule has 1 atom stereocenters. The Morgan fingerprint density at radius 1 is 1.50 bits per heavy atom. The summed E-state index contributed by atoms with van der Waals surface area (Å²) in [6, 6.07) is -0.0842. The van der Waals surface area contributed by atoms with Gasteiger partial charge in [0.25, 0.3) is 0 Å². The zero-order valence-electron chi connectivity index (χ0n) is 8.58. The van der Waals surface area contributed by atoms with Gasteiger partial charge in [0.05, 0.1) is 0 Å². The van der Waals surface area contributed by atoms with E-state index in [1.807, 2.05) is 6.92 Å². The quantitative estimate of drug-likeness (QED) is 0.846. The second kappa shape index (κ2) is 5.44. The lowest BCUT2D eigenvalue weighted by Crippen LogP contribution is -2.19. The van der Waals surface area contributed by atoms with Crippen molar-refractivity contribution in [1.29, 1.82) is 0 Å². The van der Waals surface area contributed by atoms with E-state index in [1.54, 1.807) is 0 Å². The number of rotatable bonds is 5. The van der Waals surface area contributed by atoms with Crippen molar-refractivity contribution in [2.75, 3.05) is 11.9 Å². The molecular weight excluding hydrogens is 243 g/mol. The van der Waals surface area contributed by atoms with Crippen molar-refractivity contribution in [1.82, 2.24) is 9.36 Å². The number of hydrogen-bond acceptors (Lipinski definition) is 5. The fraction of sp³-hybridized carbons (Fsp3) is 0.750. The van der Waals surface area contributed by atoms with E-state index in [1.165, 1.54) is 0 Å². The van der Waals surface area contributed by atoms with Crippen LogP contribution in [0.3, 0.4) is 0 Å². The Labute approximate surface area is 94.7 Å². The Morgan fingerprint density at radius 2 is 2.19 bits per heavy atom. The number of nitrogens with zero attached hydrogens (tertiary/aromatic N) is 2. The summed E-state index contributed by atoms with van der Waals surface area (Å²) < 4.78 is 39.8. The van der Waals surface area contributed by atoms with E-state index < -0.39 is 12.0 Å². The lowest BCUT2D eigenvalue weighted by molar-refractivity contribution is -0.144. The molecule has 2 N–H and O–H groups in total. The van der Waals surface area contributed by atoms with Gasteiger partial charge in [-0.25, -0.2) is 0 Å². The topological polar surface area (TPSA) is 58.0 Å². The van der Waals surface area contributed by atoms with Crippen LogP contribution < -0.4 is 5.32 Å². The lowest BCUT2D eigenvalue weighted by atomic mass is 10.2. The van der Waals surface area contributed by atoms with Crippen LogP contribution in [-0.2, 0) is 6.18 Å². The molecule has 0 aliphatic rings. The normalized spacial score (nSPS) is 13.8. The van der Waals surface area contributed by atoms with Gasteiger partial charge >= 0.3 is 6.18 Å². The van der Waals surface area contributed by atoms with E-state index in [0.717, 1.165) is 0 Å². The second-order valence-electron chi connectivity index (χ2n) is 3.18. The SMILES string of the molecule is CCC(CCO)Nc1nc(C(F)(F)F)ns1. The molecule has 0 aliphatic heterocycles. The maximum absolute atomic E-state index is 12.2. The first kappa shape index (κ1) is 13.2. The highest BCUT2D eigenvalue weighted by molar-refractivity contribution is 7.09. The average molecular weight is 255 g/mol. The molecule has 0 amide bonds. The first-order chi connectivity index (χ1) is 7.47. The van der Waals surface area contributed by atoms with Crippen LogP contribution in [-0.4, -0.2) is 27.1 Å². The highest BCUT2D eigenvalue weighted by Crippen LogP contribution is 2.29. The van der Waals surface area contributed by atoms with Gasteiger partial charge in [-0.3, -0.25) is 0 Å². The minimum atomic E-state index is -4.50. The first-order valence-corrected chi connectivity index (χ1v) is 5.53. The molecule has 0 radical (unpaired) electrons. The van der Waals surface area contributed by atoms with E-state index in [2.05, 4.69) is 14.7 Å². The van der Waals surface area contributed by atoms with Crippen LogP contribution in [0.15, 0.2) is 0 Å². The van der Waals surface area contributed by atoms with E-state index in [-0.39, 0.29) is 17.8 Å². The Bertz CT molecular complexity index is 329. The Hall–Kier alpha value is -0.890. The molecule has 8 heteroatoms. The van der Waals surface area contributed by atoms with E-state index in [0.29, 0.717) is 24.4 Å². The number of anilines is 1. The maximum atomic E-state index is 12.2. The lowest BCUT2D eigenvalue weighted by Gasteiger charge is -2.13. The van der Waals surface area contributed by atoms with Crippen LogP contribution in [0.4, 0.5) is 18.3 Å². The number of aromatic nitrogens is 2. The van der Waals surface area contributed by atoms with Crippen molar-refractivity contribution < 1.29 is 18.3 Å². The first-order valence-electron chi connectivity index (χ1n) is 4.75. The van der Waals surface area contributed by atoms with Crippen LogP contribution in [0.5, 0.6) is 0 Å². The number of halogens is 3. The monoisotopic (exact) mass is 255 g/mol. The molecule has 1 rings (SSSR count). The minimum Gasteiger partial charge on any atom is -0.396 e. The van der Waals surface area contributed by atoms with Crippen molar-refractivity contribution >= 4 is 16.7 Å². The summed E-state index contributed by atoms with van der Waals surface area (Å²) in [7, 11) is 0. The summed E-state index contributed by atoms with van der Waals surface area (Å²) >= 11 is 0.672.